The molecule has 0 aliphatic rings. The number of methoxy groups -OCH3 is 1. The molecule has 0 amide bonds. The maximum Gasteiger partial charge on any atom is 0.341 e. The van der Waals surface area contributed by atoms with Crippen LogP contribution in [0.5, 0.6) is 17.5 Å². The molecule has 0 atom stereocenters. The minimum absolute atomic E-state index is 0.0754. The first-order valence-electron chi connectivity index (χ1n) is 5.33. The summed E-state index contributed by atoms with van der Waals surface area (Å²) in [6, 6.07) is 5.05. The summed E-state index contributed by atoms with van der Waals surface area (Å²) < 4.78 is 12.1. The predicted molar refractivity (Wildman–Crippen MR) is 66.6 cm³/mol. The van der Waals surface area contributed by atoms with E-state index in [1.165, 1.54) is 18.1 Å². The first-order valence-corrected chi connectivity index (χ1v) is 5.33. The molecular weight excluding hydrogens is 250 g/mol. The summed E-state index contributed by atoms with van der Waals surface area (Å²) in [5.41, 5.74) is 5.99. The molecule has 3 N–H and O–H groups in total. The number of nitrogens with zero attached hydrogens (tertiary/aromatic N) is 4. The molecule has 2 rings (SSSR count). The maximum atomic E-state index is 8.75. The van der Waals surface area contributed by atoms with Crippen LogP contribution >= 0.6 is 0 Å². The van der Waals surface area contributed by atoms with Crippen molar-refractivity contribution in [2.45, 2.75) is 0 Å². The van der Waals surface area contributed by atoms with E-state index in [0.29, 0.717) is 17.1 Å². The van der Waals surface area contributed by atoms with Crippen LogP contribution in [0.15, 0.2) is 29.7 Å². The summed E-state index contributed by atoms with van der Waals surface area (Å²) in [5, 5.41) is 15.7. The van der Waals surface area contributed by atoms with Gasteiger partial charge in [0.2, 0.25) is 0 Å². The Morgan fingerprint density at radius 3 is 2.84 bits per heavy atom. The molecule has 1 aromatic heterocycles. The number of hydrogen-bond acceptors (Lipinski definition) is 6. The second kappa shape index (κ2) is 5.25. The number of aryl methyl sites for hydroxylation is 1. The lowest BCUT2D eigenvalue weighted by Gasteiger charge is -2.09. The Balaban J connectivity index is 2.40. The number of rotatable bonds is 4. The fourth-order valence-electron chi connectivity index (χ4n) is 1.44. The molecule has 8 heteroatoms. The van der Waals surface area contributed by atoms with Crippen LogP contribution in [0.4, 0.5) is 0 Å². The summed E-state index contributed by atoms with van der Waals surface area (Å²) in [7, 11) is 3.25. The second-order valence-corrected chi connectivity index (χ2v) is 3.65. The van der Waals surface area contributed by atoms with Gasteiger partial charge in [-0.25, -0.2) is 0 Å². The minimum atomic E-state index is -0.0754. The highest BCUT2D eigenvalue weighted by Crippen LogP contribution is 2.27. The van der Waals surface area contributed by atoms with E-state index in [0.717, 1.165) is 0 Å². The van der Waals surface area contributed by atoms with Crippen LogP contribution in [0.25, 0.3) is 0 Å². The molecule has 0 saturated carbocycles. The van der Waals surface area contributed by atoms with E-state index >= 15 is 0 Å². The molecule has 0 spiro atoms. The fraction of sp³-hybridized carbons (Fsp3) is 0.182. The van der Waals surface area contributed by atoms with E-state index in [-0.39, 0.29) is 11.8 Å². The maximum absolute atomic E-state index is 8.75. The van der Waals surface area contributed by atoms with E-state index in [1.54, 1.807) is 25.2 Å². The highest BCUT2D eigenvalue weighted by atomic mass is 16.5. The van der Waals surface area contributed by atoms with Crippen LogP contribution in [0.2, 0.25) is 0 Å². The summed E-state index contributed by atoms with van der Waals surface area (Å²) >= 11 is 0. The molecule has 8 nitrogen and oxygen atoms in total. The van der Waals surface area contributed by atoms with Gasteiger partial charge in [0.05, 0.1) is 12.7 Å². The lowest BCUT2D eigenvalue weighted by atomic mass is 10.2. The molecule has 0 aliphatic heterocycles. The van der Waals surface area contributed by atoms with Gasteiger partial charge in [-0.2, -0.15) is 4.98 Å². The van der Waals surface area contributed by atoms with Crippen molar-refractivity contribution in [3.05, 3.63) is 30.1 Å². The Hall–Kier alpha value is -2.77. The van der Waals surface area contributed by atoms with Crippen molar-refractivity contribution >= 4 is 5.84 Å². The number of aromatic nitrogens is 3. The molecule has 0 saturated heterocycles. The zero-order valence-corrected chi connectivity index (χ0v) is 10.4. The Morgan fingerprint density at radius 2 is 2.26 bits per heavy atom. The zero-order valence-electron chi connectivity index (χ0n) is 10.4. The standard InChI is InChI=1S/C11H13N5O3/c1-16-6-13-11(14-16)19-9-5-7(18-2)3-4-8(9)10(12)15-17/h3-6,17H,1-2H3,(H2,12,15). The van der Waals surface area contributed by atoms with Crippen LogP contribution in [0, 0.1) is 0 Å². The summed E-state index contributed by atoms with van der Waals surface area (Å²) in [5.74, 6) is 0.829. The topological polar surface area (TPSA) is 108 Å². The molecule has 2 aromatic rings. The van der Waals surface area contributed by atoms with E-state index in [9.17, 15) is 0 Å². The van der Waals surface area contributed by atoms with Crippen LogP contribution in [-0.4, -0.2) is 32.9 Å². The zero-order chi connectivity index (χ0) is 13.8. The highest BCUT2D eigenvalue weighted by molar-refractivity contribution is 5.99. The van der Waals surface area contributed by atoms with E-state index in [4.69, 9.17) is 20.4 Å². The van der Waals surface area contributed by atoms with Gasteiger partial charge in [0, 0.05) is 13.1 Å². The molecule has 0 aliphatic carbocycles. The van der Waals surface area contributed by atoms with Gasteiger partial charge in [0.15, 0.2) is 5.84 Å². The Morgan fingerprint density at radius 1 is 1.47 bits per heavy atom. The molecule has 1 aromatic carbocycles. The summed E-state index contributed by atoms with van der Waals surface area (Å²) in [6.07, 6.45) is 1.50. The van der Waals surface area contributed by atoms with E-state index in [2.05, 4.69) is 15.2 Å². The third kappa shape index (κ3) is 2.73. The van der Waals surface area contributed by atoms with Crippen molar-refractivity contribution in [3.8, 4) is 17.5 Å². The van der Waals surface area contributed by atoms with Gasteiger partial charge in [-0.15, -0.1) is 5.10 Å². The van der Waals surface area contributed by atoms with Gasteiger partial charge in [-0.3, -0.25) is 4.68 Å². The number of amidine groups is 1. The van der Waals surface area contributed by atoms with Crippen molar-refractivity contribution in [1.82, 2.24) is 14.8 Å². The number of oxime groups is 1. The van der Waals surface area contributed by atoms with Gasteiger partial charge in [-0.05, 0) is 12.1 Å². The minimum Gasteiger partial charge on any atom is -0.497 e. The first kappa shape index (κ1) is 12.7. The van der Waals surface area contributed by atoms with Crippen molar-refractivity contribution in [1.29, 1.82) is 0 Å². The molecule has 19 heavy (non-hydrogen) atoms. The van der Waals surface area contributed by atoms with Gasteiger partial charge in [0.1, 0.15) is 17.8 Å². The van der Waals surface area contributed by atoms with Crippen LogP contribution in [0.1, 0.15) is 5.56 Å². The number of hydrogen-bond donors (Lipinski definition) is 2. The normalized spacial score (nSPS) is 11.4. The second-order valence-electron chi connectivity index (χ2n) is 3.65. The molecule has 0 radical (unpaired) electrons. The number of benzene rings is 1. The predicted octanol–water partition coefficient (Wildman–Crippen LogP) is 0.710. The first-order chi connectivity index (χ1) is 9.13. The third-order valence-corrected chi connectivity index (χ3v) is 2.35. The lowest BCUT2D eigenvalue weighted by Crippen LogP contribution is -2.14. The number of ether oxygens (including phenoxy) is 2. The van der Waals surface area contributed by atoms with Crippen molar-refractivity contribution in [2.75, 3.05) is 7.11 Å². The Labute approximate surface area is 109 Å². The molecule has 0 bridgehead atoms. The molecule has 0 unspecified atom stereocenters. The van der Waals surface area contributed by atoms with Crippen LogP contribution in [-0.2, 0) is 7.05 Å². The van der Waals surface area contributed by atoms with Crippen molar-refractivity contribution in [3.63, 3.8) is 0 Å². The van der Waals surface area contributed by atoms with E-state index in [1.807, 2.05) is 0 Å². The quantitative estimate of drug-likeness (QED) is 0.364. The number of nitrogens with two attached hydrogens (primary N) is 1. The Kier molecular flexibility index (Phi) is 3.51. The summed E-state index contributed by atoms with van der Waals surface area (Å²) in [6.45, 7) is 0. The highest BCUT2D eigenvalue weighted by Gasteiger charge is 2.12. The third-order valence-electron chi connectivity index (χ3n) is 2.35. The summed E-state index contributed by atoms with van der Waals surface area (Å²) in [4.78, 5) is 3.94. The average Bonchev–Trinajstić information content (AvgIpc) is 2.83. The SMILES string of the molecule is COc1ccc(/C(N)=N/O)c(Oc2ncn(C)n2)c1. The van der Waals surface area contributed by atoms with Gasteiger partial charge in [-0.1, -0.05) is 5.16 Å². The van der Waals surface area contributed by atoms with Crippen molar-refractivity contribution < 1.29 is 14.7 Å². The lowest BCUT2D eigenvalue weighted by molar-refractivity contribution is 0.318. The van der Waals surface area contributed by atoms with Crippen LogP contribution < -0.4 is 15.2 Å². The van der Waals surface area contributed by atoms with Gasteiger partial charge < -0.3 is 20.4 Å². The Bertz CT molecular complexity index is 608. The fourth-order valence-corrected chi connectivity index (χ4v) is 1.44. The average molecular weight is 263 g/mol. The molecule has 100 valence electrons. The largest absolute Gasteiger partial charge is 0.497 e. The van der Waals surface area contributed by atoms with Gasteiger partial charge in [0.25, 0.3) is 0 Å². The molecule has 0 fully saturated rings. The monoisotopic (exact) mass is 263 g/mol. The molecule has 1 heterocycles. The van der Waals surface area contributed by atoms with Gasteiger partial charge >= 0.3 is 6.01 Å². The smallest absolute Gasteiger partial charge is 0.341 e. The van der Waals surface area contributed by atoms with Crippen LogP contribution in [0.3, 0.4) is 0 Å². The van der Waals surface area contributed by atoms with Crippen molar-refractivity contribution in [2.24, 2.45) is 17.9 Å². The van der Waals surface area contributed by atoms with E-state index < -0.39 is 0 Å². The molecular formula is C11H13N5O3.